The lowest BCUT2D eigenvalue weighted by Gasteiger charge is -2.13. The van der Waals surface area contributed by atoms with Crippen molar-refractivity contribution < 1.29 is 23.8 Å². The highest BCUT2D eigenvalue weighted by Crippen LogP contribution is 2.24. The first kappa shape index (κ1) is 18.4. The number of anilines is 1. The van der Waals surface area contributed by atoms with Gasteiger partial charge in [-0.25, -0.2) is 4.39 Å². The van der Waals surface area contributed by atoms with Crippen LogP contribution in [0.4, 0.5) is 10.1 Å². The predicted molar refractivity (Wildman–Crippen MR) is 92.4 cm³/mol. The van der Waals surface area contributed by atoms with Gasteiger partial charge in [0.25, 0.3) is 0 Å². The van der Waals surface area contributed by atoms with Gasteiger partial charge in [-0.1, -0.05) is 25.1 Å². The largest absolute Gasteiger partial charge is 0.497 e. The highest BCUT2D eigenvalue weighted by atomic mass is 19.1. The van der Waals surface area contributed by atoms with E-state index in [0.29, 0.717) is 5.69 Å². The van der Waals surface area contributed by atoms with Gasteiger partial charge in [0.2, 0.25) is 5.91 Å². The molecular weight excluding hydrogens is 325 g/mol. The molecule has 0 saturated heterocycles. The minimum absolute atomic E-state index is 0.0359. The molecular formula is C19H20FNO4. The molecule has 6 heteroatoms. The number of carbonyl (C=O) groups is 2. The van der Waals surface area contributed by atoms with Crippen molar-refractivity contribution in [2.24, 2.45) is 0 Å². The summed E-state index contributed by atoms with van der Waals surface area (Å²) in [6, 6.07) is 11.5. The Morgan fingerprint density at radius 1 is 1.24 bits per heavy atom. The summed E-state index contributed by atoms with van der Waals surface area (Å²) in [5.74, 6) is -1.32. The number of carbonyl (C=O) groups excluding carboxylic acids is 1. The molecule has 0 aromatic heterocycles. The zero-order valence-electron chi connectivity index (χ0n) is 14.1. The zero-order valence-corrected chi connectivity index (χ0v) is 14.1. The van der Waals surface area contributed by atoms with Crippen LogP contribution in [0.3, 0.4) is 0 Å². The molecule has 0 bridgehead atoms. The fourth-order valence-corrected chi connectivity index (χ4v) is 2.49. The summed E-state index contributed by atoms with van der Waals surface area (Å²) in [5.41, 5.74) is 1.35. The van der Waals surface area contributed by atoms with Crippen molar-refractivity contribution in [3.05, 3.63) is 59.4 Å². The normalized spacial score (nSPS) is 11.6. The monoisotopic (exact) mass is 345 g/mol. The van der Waals surface area contributed by atoms with E-state index in [1.807, 2.05) is 31.2 Å². The van der Waals surface area contributed by atoms with Crippen LogP contribution in [0.15, 0.2) is 42.5 Å². The molecule has 5 nitrogen and oxygen atoms in total. The Bertz CT molecular complexity index is 776. The zero-order chi connectivity index (χ0) is 18.4. The number of aliphatic carboxylic acids is 1. The number of rotatable bonds is 7. The molecule has 0 spiro atoms. The number of hydrogen-bond acceptors (Lipinski definition) is 3. The molecule has 0 saturated carbocycles. The number of halogens is 1. The van der Waals surface area contributed by atoms with Crippen molar-refractivity contribution in [2.45, 2.75) is 25.7 Å². The fraction of sp³-hybridized carbons (Fsp3) is 0.263. The summed E-state index contributed by atoms with van der Waals surface area (Å²) in [5, 5.41) is 11.3. The van der Waals surface area contributed by atoms with E-state index < -0.39 is 18.2 Å². The smallest absolute Gasteiger partial charge is 0.307 e. The van der Waals surface area contributed by atoms with E-state index in [1.54, 1.807) is 7.11 Å². The van der Waals surface area contributed by atoms with Gasteiger partial charge in [0.05, 0.1) is 13.5 Å². The van der Waals surface area contributed by atoms with Crippen molar-refractivity contribution in [2.75, 3.05) is 12.4 Å². The van der Waals surface area contributed by atoms with Crippen LogP contribution in [0, 0.1) is 5.82 Å². The number of ether oxygens (including phenoxy) is 1. The first-order valence-corrected chi connectivity index (χ1v) is 7.83. The topological polar surface area (TPSA) is 75.6 Å². The lowest BCUT2D eigenvalue weighted by Crippen LogP contribution is -2.15. The van der Waals surface area contributed by atoms with Gasteiger partial charge in [-0.3, -0.25) is 9.59 Å². The van der Waals surface area contributed by atoms with E-state index in [0.717, 1.165) is 17.4 Å². The predicted octanol–water partition coefficient (Wildman–Crippen LogP) is 3.59. The second-order valence-electron chi connectivity index (χ2n) is 5.81. The summed E-state index contributed by atoms with van der Waals surface area (Å²) in [4.78, 5) is 22.8. The Morgan fingerprint density at radius 3 is 2.64 bits per heavy atom. The third-order valence-corrected chi connectivity index (χ3v) is 3.83. The molecule has 0 aliphatic rings. The van der Waals surface area contributed by atoms with Gasteiger partial charge in [-0.2, -0.15) is 0 Å². The second kappa shape index (κ2) is 8.28. The molecule has 1 amide bonds. The van der Waals surface area contributed by atoms with E-state index >= 15 is 0 Å². The van der Waals surface area contributed by atoms with Crippen molar-refractivity contribution in [1.29, 1.82) is 0 Å². The third kappa shape index (κ3) is 5.31. The molecule has 2 rings (SSSR count). The Kier molecular flexibility index (Phi) is 6.11. The lowest BCUT2D eigenvalue weighted by molar-refractivity contribution is -0.136. The molecule has 1 atom stereocenters. The molecule has 0 heterocycles. The van der Waals surface area contributed by atoms with Gasteiger partial charge in [-0.15, -0.1) is 0 Å². The van der Waals surface area contributed by atoms with Crippen LogP contribution in [-0.4, -0.2) is 24.1 Å². The number of methoxy groups -OCH3 is 1. The molecule has 2 aromatic carbocycles. The molecule has 0 aliphatic carbocycles. The first-order valence-electron chi connectivity index (χ1n) is 7.83. The van der Waals surface area contributed by atoms with Crippen LogP contribution in [0.5, 0.6) is 5.75 Å². The van der Waals surface area contributed by atoms with Gasteiger partial charge in [0, 0.05) is 12.1 Å². The highest BCUT2D eigenvalue weighted by Gasteiger charge is 2.13. The number of hydrogen-bond donors (Lipinski definition) is 2. The van der Waals surface area contributed by atoms with E-state index in [9.17, 15) is 14.0 Å². The maximum absolute atomic E-state index is 13.8. The van der Waals surface area contributed by atoms with E-state index in [-0.39, 0.29) is 23.8 Å². The van der Waals surface area contributed by atoms with Gasteiger partial charge in [0.15, 0.2) is 0 Å². The SMILES string of the molecule is COc1cccc(C(C)CC(=O)Nc2ccc(CC(=O)O)c(F)c2)c1. The quantitative estimate of drug-likeness (QED) is 0.804. The summed E-state index contributed by atoms with van der Waals surface area (Å²) >= 11 is 0. The van der Waals surface area contributed by atoms with Crippen LogP contribution >= 0.6 is 0 Å². The standard InChI is InChI=1S/C19H20FNO4/c1-12(13-4-3-5-16(9-13)25-2)8-18(22)21-15-7-6-14(10-19(23)24)17(20)11-15/h3-7,9,11-12H,8,10H2,1-2H3,(H,21,22)(H,23,24). The van der Waals surface area contributed by atoms with Crippen LogP contribution in [0.25, 0.3) is 0 Å². The molecule has 1 unspecified atom stereocenters. The average Bonchev–Trinajstić information content (AvgIpc) is 2.57. The molecule has 25 heavy (non-hydrogen) atoms. The summed E-state index contributed by atoms with van der Waals surface area (Å²) in [6.45, 7) is 1.92. The fourth-order valence-electron chi connectivity index (χ4n) is 2.49. The molecule has 0 radical (unpaired) electrons. The van der Waals surface area contributed by atoms with Crippen molar-refractivity contribution in [3.8, 4) is 5.75 Å². The van der Waals surface area contributed by atoms with E-state index in [2.05, 4.69) is 5.32 Å². The van der Waals surface area contributed by atoms with Crippen molar-refractivity contribution in [1.82, 2.24) is 0 Å². The van der Waals surface area contributed by atoms with Gasteiger partial charge >= 0.3 is 5.97 Å². The maximum atomic E-state index is 13.8. The third-order valence-electron chi connectivity index (χ3n) is 3.83. The Labute approximate surface area is 145 Å². The van der Waals surface area contributed by atoms with Crippen molar-refractivity contribution >= 4 is 17.6 Å². The Morgan fingerprint density at radius 2 is 2.00 bits per heavy atom. The number of carboxylic acids is 1. The highest BCUT2D eigenvalue weighted by molar-refractivity contribution is 5.91. The summed E-state index contributed by atoms with van der Waals surface area (Å²) < 4.78 is 19.0. The maximum Gasteiger partial charge on any atom is 0.307 e. The van der Waals surface area contributed by atoms with Gasteiger partial charge < -0.3 is 15.2 Å². The van der Waals surface area contributed by atoms with Crippen molar-refractivity contribution in [3.63, 3.8) is 0 Å². The summed E-state index contributed by atoms with van der Waals surface area (Å²) in [6.07, 6.45) is -0.168. The number of nitrogens with one attached hydrogen (secondary N) is 1. The van der Waals surface area contributed by atoms with Crippen LogP contribution in [0.2, 0.25) is 0 Å². The molecule has 0 aliphatic heterocycles. The minimum Gasteiger partial charge on any atom is -0.497 e. The molecule has 2 N–H and O–H groups in total. The average molecular weight is 345 g/mol. The minimum atomic E-state index is -1.11. The Hall–Kier alpha value is -2.89. The number of carboxylic acid groups (broad SMARTS) is 1. The van der Waals surface area contributed by atoms with Gasteiger partial charge in [0.1, 0.15) is 11.6 Å². The van der Waals surface area contributed by atoms with E-state index in [4.69, 9.17) is 9.84 Å². The number of amides is 1. The number of benzene rings is 2. The molecule has 2 aromatic rings. The second-order valence-corrected chi connectivity index (χ2v) is 5.81. The van der Waals surface area contributed by atoms with Crippen LogP contribution in [0.1, 0.15) is 30.4 Å². The van der Waals surface area contributed by atoms with Crippen LogP contribution in [-0.2, 0) is 16.0 Å². The van der Waals surface area contributed by atoms with E-state index in [1.165, 1.54) is 12.1 Å². The Balaban J connectivity index is 1.99. The first-order chi connectivity index (χ1) is 11.9. The molecule has 132 valence electrons. The van der Waals surface area contributed by atoms with Gasteiger partial charge in [-0.05, 0) is 41.3 Å². The van der Waals surface area contributed by atoms with Crippen LogP contribution < -0.4 is 10.1 Å². The summed E-state index contributed by atoms with van der Waals surface area (Å²) in [7, 11) is 1.58. The molecule has 0 fully saturated rings. The lowest BCUT2D eigenvalue weighted by atomic mass is 9.97.